The first kappa shape index (κ1) is 14.6. The van der Waals surface area contributed by atoms with Gasteiger partial charge in [-0.25, -0.2) is 0 Å². The zero-order valence-corrected chi connectivity index (χ0v) is 13.3. The Morgan fingerprint density at radius 3 is 2.67 bits per heavy atom. The van der Waals surface area contributed by atoms with E-state index in [0.29, 0.717) is 24.1 Å². The van der Waals surface area contributed by atoms with Crippen LogP contribution in [0.5, 0.6) is 0 Å². The molecule has 21 heavy (non-hydrogen) atoms. The first-order valence-corrected chi connectivity index (χ1v) is 8.08. The molecular formula is C16H26N4O. The van der Waals surface area contributed by atoms with Crippen molar-refractivity contribution in [1.29, 1.82) is 0 Å². The molecule has 0 bridgehead atoms. The highest BCUT2D eigenvalue weighted by molar-refractivity contribution is 5.94. The number of rotatable bonds is 2. The summed E-state index contributed by atoms with van der Waals surface area (Å²) in [7, 11) is 1.95. The number of carbonyl (C=O) groups is 1. The Bertz CT molecular complexity index is 549. The van der Waals surface area contributed by atoms with Crippen molar-refractivity contribution in [3.05, 3.63) is 17.0 Å². The molecule has 5 heteroatoms. The van der Waals surface area contributed by atoms with Gasteiger partial charge in [-0.1, -0.05) is 13.8 Å². The first-order valence-electron chi connectivity index (χ1n) is 8.08. The summed E-state index contributed by atoms with van der Waals surface area (Å²) in [6.45, 7) is 5.79. The molecule has 1 fully saturated rings. The fraction of sp³-hybridized carbons (Fsp3) is 0.750. The van der Waals surface area contributed by atoms with E-state index in [1.54, 1.807) is 0 Å². The van der Waals surface area contributed by atoms with Crippen LogP contribution in [0.4, 0.5) is 0 Å². The van der Waals surface area contributed by atoms with E-state index in [1.165, 1.54) is 17.7 Å². The topological polar surface area (TPSA) is 64.2 Å². The van der Waals surface area contributed by atoms with Crippen LogP contribution in [-0.2, 0) is 19.9 Å². The van der Waals surface area contributed by atoms with Gasteiger partial charge >= 0.3 is 0 Å². The molecule has 0 unspecified atom stereocenters. The van der Waals surface area contributed by atoms with E-state index in [2.05, 4.69) is 18.9 Å². The summed E-state index contributed by atoms with van der Waals surface area (Å²) in [6.07, 6.45) is 4.38. The lowest BCUT2D eigenvalue weighted by molar-refractivity contribution is 0.0775. The van der Waals surface area contributed by atoms with E-state index in [1.807, 2.05) is 16.6 Å². The second kappa shape index (κ2) is 5.44. The van der Waals surface area contributed by atoms with Gasteiger partial charge in [-0.05, 0) is 37.5 Å². The van der Waals surface area contributed by atoms with Gasteiger partial charge in [0.2, 0.25) is 0 Å². The molecule has 2 aliphatic rings. The van der Waals surface area contributed by atoms with Gasteiger partial charge in [0.1, 0.15) is 0 Å². The summed E-state index contributed by atoms with van der Waals surface area (Å²) < 4.78 is 1.90. The standard InChI is InChI=1S/C16H26N4O/c1-10(2)12-8-20(9-13(12)17)16(21)15-11-6-4-5-7-14(11)19(3)18-15/h10,12-13H,4-9,17H2,1-3H3/t12-,13+/m1/s1. The fourth-order valence-electron chi connectivity index (χ4n) is 3.82. The van der Waals surface area contributed by atoms with Crippen LogP contribution in [0, 0.1) is 11.8 Å². The molecule has 1 aromatic heterocycles. The molecule has 2 heterocycles. The number of hydrogen-bond acceptors (Lipinski definition) is 3. The Balaban J connectivity index is 1.84. The van der Waals surface area contributed by atoms with E-state index in [4.69, 9.17) is 5.73 Å². The molecule has 3 rings (SSSR count). The van der Waals surface area contributed by atoms with Crippen molar-refractivity contribution >= 4 is 5.91 Å². The number of amides is 1. The summed E-state index contributed by atoms with van der Waals surface area (Å²) in [5.41, 5.74) is 9.30. The van der Waals surface area contributed by atoms with E-state index in [0.717, 1.165) is 25.8 Å². The quantitative estimate of drug-likeness (QED) is 0.894. The van der Waals surface area contributed by atoms with Crippen molar-refractivity contribution in [3.63, 3.8) is 0 Å². The highest BCUT2D eigenvalue weighted by Gasteiger charge is 2.37. The van der Waals surface area contributed by atoms with E-state index < -0.39 is 0 Å². The number of fused-ring (bicyclic) bond motifs is 1. The van der Waals surface area contributed by atoms with Crippen LogP contribution >= 0.6 is 0 Å². The Hall–Kier alpha value is -1.36. The number of likely N-dealkylation sites (tertiary alicyclic amines) is 1. The monoisotopic (exact) mass is 290 g/mol. The van der Waals surface area contributed by atoms with Crippen LogP contribution in [0.3, 0.4) is 0 Å². The highest BCUT2D eigenvalue weighted by atomic mass is 16.2. The number of aromatic nitrogens is 2. The Kier molecular flexibility index (Phi) is 3.78. The van der Waals surface area contributed by atoms with Gasteiger partial charge in [0.15, 0.2) is 5.69 Å². The van der Waals surface area contributed by atoms with E-state index >= 15 is 0 Å². The normalized spacial score (nSPS) is 25.5. The van der Waals surface area contributed by atoms with Gasteiger partial charge in [0.05, 0.1) is 0 Å². The van der Waals surface area contributed by atoms with Crippen LogP contribution in [0.25, 0.3) is 0 Å². The minimum Gasteiger partial charge on any atom is -0.335 e. The molecule has 1 saturated heterocycles. The summed E-state index contributed by atoms with van der Waals surface area (Å²) in [5.74, 6) is 0.983. The lowest BCUT2D eigenvalue weighted by Gasteiger charge is -2.18. The molecule has 1 aliphatic carbocycles. The van der Waals surface area contributed by atoms with Crippen molar-refractivity contribution in [3.8, 4) is 0 Å². The van der Waals surface area contributed by atoms with Crippen molar-refractivity contribution in [2.24, 2.45) is 24.6 Å². The summed E-state index contributed by atoms with van der Waals surface area (Å²) in [5, 5.41) is 4.52. The second-order valence-electron chi connectivity index (χ2n) is 6.89. The predicted molar refractivity (Wildman–Crippen MR) is 82.1 cm³/mol. The molecule has 2 atom stereocenters. The minimum absolute atomic E-state index is 0.0763. The average molecular weight is 290 g/mol. The van der Waals surface area contributed by atoms with E-state index in [9.17, 15) is 4.79 Å². The molecule has 0 saturated carbocycles. The maximum atomic E-state index is 12.8. The number of nitrogens with two attached hydrogens (primary N) is 1. The molecular weight excluding hydrogens is 264 g/mol. The zero-order valence-electron chi connectivity index (χ0n) is 13.3. The SMILES string of the molecule is CC(C)[C@H]1CN(C(=O)c2nn(C)c3c2CCCC3)C[C@@H]1N. The third-order valence-electron chi connectivity index (χ3n) is 5.12. The van der Waals surface area contributed by atoms with Gasteiger partial charge in [0, 0.05) is 37.4 Å². The van der Waals surface area contributed by atoms with Crippen LogP contribution in [-0.4, -0.2) is 39.7 Å². The van der Waals surface area contributed by atoms with Crippen LogP contribution in [0.1, 0.15) is 48.4 Å². The second-order valence-corrected chi connectivity index (χ2v) is 6.89. The number of nitrogens with zero attached hydrogens (tertiary/aromatic N) is 3. The van der Waals surface area contributed by atoms with Crippen LogP contribution in [0.2, 0.25) is 0 Å². The van der Waals surface area contributed by atoms with Crippen molar-refractivity contribution in [1.82, 2.24) is 14.7 Å². The maximum Gasteiger partial charge on any atom is 0.274 e. The first-order chi connectivity index (χ1) is 9.99. The van der Waals surface area contributed by atoms with Gasteiger partial charge in [-0.15, -0.1) is 0 Å². The molecule has 0 aromatic carbocycles. The lowest BCUT2D eigenvalue weighted by atomic mass is 9.92. The van der Waals surface area contributed by atoms with Gasteiger partial charge in [-0.3, -0.25) is 9.48 Å². The fourth-order valence-corrected chi connectivity index (χ4v) is 3.82. The number of carbonyl (C=O) groups excluding carboxylic acids is 1. The lowest BCUT2D eigenvalue weighted by Crippen LogP contribution is -2.33. The Morgan fingerprint density at radius 2 is 2.00 bits per heavy atom. The van der Waals surface area contributed by atoms with Crippen molar-refractivity contribution in [2.45, 2.75) is 45.6 Å². The zero-order chi connectivity index (χ0) is 15.1. The van der Waals surface area contributed by atoms with Crippen LogP contribution < -0.4 is 5.73 Å². The molecule has 1 aliphatic heterocycles. The molecule has 5 nitrogen and oxygen atoms in total. The van der Waals surface area contributed by atoms with Crippen LogP contribution in [0.15, 0.2) is 0 Å². The predicted octanol–water partition coefficient (Wildman–Crippen LogP) is 1.35. The average Bonchev–Trinajstić information content (AvgIpc) is 3.00. The van der Waals surface area contributed by atoms with Gasteiger partial charge in [0.25, 0.3) is 5.91 Å². The molecule has 1 amide bonds. The molecule has 0 radical (unpaired) electrons. The summed E-state index contributed by atoms with van der Waals surface area (Å²) in [4.78, 5) is 14.7. The molecule has 116 valence electrons. The maximum absolute atomic E-state index is 12.8. The van der Waals surface area contributed by atoms with Crippen molar-refractivity contribution in [2.75, 3.05) is 13.1 Å². The third kappa shape index (κ3) is 2.48. The van der Waals surface area contributed by atoms with Gasteiger partial charge in [-0.2, -0.15) is 5.10 Å². The van der Waals surface area contributed by atoms with Crippen molar-refractivity contribution < 1.29 is 4.79 Å². The molecule has 2 N–H and O–H groups in total. The summed E-state index contributed by atoms with van der Waals surface area (Å²) >= 11 is 0. The number of hydrogen-bond donors (Lipinski definition) is 1. The Labute approximate surface area is 126 Å². The number of aryl methyl sites for hydroxylation is 1. The highest BCUT2D eigenvalue weighted by Crippen LogP contribution is 2.28. The van der Waals surface area contributed by atoms with E-state index in [-0.39, 0.29) is 11.9 Å². The minimum atomic E-state index is 0.0763. The largest absolute Gasteiger partial charge is 0.335 e. The third-order valence-corrected chi connectivity index (χ3v) is 5.12. The molecule has 1 aromatic rings. The smallest absolute Gasteiger partial charge is 0.274 e. The summed E-state index contributed by atoms with van der Waals surface area (Å²) in [6, 6.07) is 0.0912. The molecule has 0 spiro atoms. The Morgan fingerprint density at radius 1 is 1.29 bits per heavy atom. The van der Waals surface area contributed by atoms with Gasteiger partial charge < -0.3 is 10.6 Å².